The highest BCUT2D eigenvalue weighted by Crippen LogP contribution is 2.25. The Morgan fingerprint density at radius 1 is 1.06 bits per heavy atom. The summed E-state index contributed by atoms with van der Waals surface area (Å²) in [5, 5.41) is 16.7. The van der Waals surface area contributed by atoms with Crippen LogP contribution in [0.5, 0.6) is 5.75 Å². The summed E-state index contributed by atoms with van der Waals surface area (Å²) in [6, 6.07) is 12.2. The van der Waals surface area contributed by atoms with E-state index in [0.717, 1.165) is 42.0 Å². The molecule has 3 heterocycles. The van der Waals surface area contributed by atoms with Gasteiger partial charge in [0.05, 0.1) is 5.69 Å². The predicted octanol–water partition coefficient (Wildman–Crippen LogP) is 1.64. The molecule has 10 heteroatoms. The fourth-order valence-corrected chi connectivity index (χ4v) is 4.06. The van der Waals surface area contributed by atoms with E-state index in [0.29, 0.717) is 0 Å². The number of para-hydroxylation sites is 2. The quantitative estimate of drug-likeness (QED) is 0.373. The summed E-state index contributed by atoms with van der Waals surface area (Å²) in [7, 11) is 0. The number of aromatic amines is 1. The number of piperazine rings is 1. The van der Waals surface area contributed by atoms with E-state index in [1.807, 2.05) is 12.1 Å². The highest BCUT2D eigenvalue weighted by molar-refractivity contribution is 5.75. The van der Waals surface area contributed by atoms with Gasteiger partial charge in [0.2, 0.25) is 5.95 Å². The molecule has 0 amide bonds. The highest BCUT2D eigenvalue weighted by atomic mass is 16.3. The number of aryl methyl sites for hydroxylation is 1. The molecule has 10 nitrogen and oxygen atoms in total. The molecule has 0 radical (unpaired) electrons. The van der Waals surface area contributed by atoms with Gasteiger partial charge < -0.3 is 20.6 Å². The van der Waals surface area contributed by atoms with Gasteiger partial charge in [-0.1, -0.05) is 12.1 Å². The fourth-order valence-electron chi connectivity index (χ4n) is 4.06. The number of aromatic nitrogens is 4. The second-order valence-electron chi connectivity index (χ2n) is 7.88. The van der Waals surface area contributed by atoms with Crippen LogP contribution in [-0.4, -0.2) is 50.8 Å². The number of nitrogens with zero attached hydrogens (tertiary/aromatic N) is 4. The maximum atomic E-state index is 12.9. The van der Waals surface area contributed by atoms with E-state index in [9.17, 15) is 14.7 Å². The largest absolute Gasteiger partial charge is 0.506 e. The number of anilines is 3. The molecule has 2 aromatic heterocycles. The third-order valence-electron chi connectivity index (χ3n) is 5.68. The summed E-state index contributed by atoms with van der Waals surface area (Å²) in [6.45, 7) is 5.92. The second kappa shape index (κ2) is 8.40. The van der Waals surface area contributed by atoms with Crippen molar-refractivity contribution in [2.75, 3.05) is 36.4 Å². The summed E-state index contributed by atoms with van der Waals surface area (Å²) < 4.78 is 0.867. The van der Waals surface area contributed by atoms with Crippen molar-refractivity contribution in [3.05, 3.63) is 75.1 Å². The molecule has 0 atom stereocenters. The smallest absolute Gasteiger partial charge is 0.334 e. The maximum absolute atomic E-state index is 12.9. The van der Waals surface area contributed by atoms with E-state index < -0.39 is 11.2 Å². The average Bonchev–Trinajstić information content (AvgIpc) is 2.81. The van der Waals surface area contributed by atoms with Gasteiger partial charge in [0.25, 0.3) is 5.56 Å². The second-order valence-corrected chi connectivity index (χ2v) is 7.88. The lowest BCUT2D eigenvalue weighted by atomic mass is 10.1. The minimum absolute atomic E-state index is 0.0907. The molecule has 0 spiro atoms. The molecule has 1 aliphatic heterocycles. The monoisotopic (exact) mass is 445 g/mol. The van der Waals surface area contributed by atoms with Crippen molar-refractivity contribution < 1.29 is 5.11 Å². The molecule has 33 heavy (non-hydrogen) atoms. The molecule has 5 rings (SSSR count). The van der Waals surface area contributed by atoms with Gasteiger partial charge in [-0.3, -0.25) is 9.78 Å². The van der Waals surface area contributed by atoms with Crippen LogP contribution in [0.1, 0.15) is 5.56 Å². The van der Waals surface area contributed by atoms with Crippen LogP contribution in [0.15, 0.2) is 58.3 Å². The molecule has 4 N–H and O–H groups in total. The third kappa shape index (κ3) is 3.92. The number of benzene rings is 2. The van der Waals surface area contributed by atoms with Gasteiger partial charge in [-0.15, -0.1) is 0 Å². The van der Waals surface area contributed by atoms with Crippen LogP contribution in [0.4, 0.5) is 17.3 Å². The number of H-pyrrole nitrogens is 1. The van der Waals surface area contributed by atoms with Crippen LogP contribution in [0.2, 0.25) is 0 Å². The van der Waals surface area contributed by atoms with Crippen LogP contribution < -0.4 is 26.8 Å². The lowest BCUT2D eigenvalue weighted by molar-refractivity contribution is 0.471. The molecular weight excluding hydrogens is 422 g/mol. The van der Waals surface area contributed by atoms with Gasteiger partial charge in [0, 0.05) is 43.8 Å². The van der Waals surface area contributed by atoms with Crippen molar-refractivity contribution in [2.45, 2.75) is 6.92 Å². The molecule has 1 aliphatic rings. The number of fused-ring (bicyclic) bond motifs is 1. The standard InChI is InChI=1S/C23H23N7O3/c1-14-12-15(6-7-17(14)29-10-8-24-9-11-29)26-22-25-13-16-20(27-22)28-23(33)30(21(16)32)18-4-2-3-5-19(18)31/h2-7,12-13,24,31H,8-11H2,1H3,(H2,25,26,27,28,33). The number of nitrogens with one attached hydrogen (secondary N) is 3. The molecule has 1 saturated heterocycles. The maximum Gasteiger partial charge on any atom is 0.334 e. The average molecular weight is 445 g/mol. The summed E-state index contributed by atoms with van der Waals surface area (Å²) in [6.07, 6.45) is 1.36. The zero-order valence-electron chi connectivity index (χ0n) is 18.0. The molecule has 0 aliphatic carbocycles. The van der Waals surface area contributed by atoms with Crippen molar-refractivity contribution in [1.82, 2.24) is 24.8 Å². The van der Waals surface area contributed by atoms with Gasteiger partial charge in [0.15, 0.2) is 5.65 Å². The summed E-state index contributed by atoms with van der Waals surface area (Å²) in [5.41, 5.74) is 2.01. The van der Waals surface area contributed by atoms with Crippen molar-refractivity contribution in [1.29, 1.82) is 0 Å². The van der Waals surface area contributed by atoms with E-state index in [1.165, 1.54) is 24.0 Å². The zero-order chi connectivity index (χ0) is 22.9. The topological polar surface area (TPSA) is 128 Å². The van der Waals surface area contributed by atoms with Gasteiger partial charge in [-0.25, -0.2) is 14.3 Å². The normalized spacial score (nSPS) is 13.9. The molecule has 0 saturated carbocycles. The fraction of sp³-hybridized carbons (Fsp3) is 0.217. The first-order valence-electron chi connectivity index (χ1n) is 10.6. The van der Waals surface area contributed by atoms with Gasteiger partial charge >= 0.3 is 5.69 Å². The number of hydrogen-bond acceptors (Lipinski definition) is 8. The third-order valence-corrected chi connectivity index (χ3v) is 5.68. The Morgan fingerprint density at radius 2 is 1.85 bits per heavy atom. The van der Waals surface area contributed by atoms with Gasteiger partial charge in [-0.05, 0) is 42.8 Å². The first kappa shape index (κ1) is 20.7. The van der Waals surface area contributed by atoms with Crippen molar-refractivity contribution >= 4 is 28.4 Å². The lowest BCUT2D eigenvalue weighted by Crippen LogP contribution is -2.43. The first-order chi connectivity index (χ1) is 16.0. The Hall–Kier alpha value is -4.18. The molecule has 0 unspecified atom stereocenters. The molecule has 2 aromatic carbocycles. The Bertz CT molecular complexity index is 1450. The minimum Gasteiger partial charge on any atom is -0.506 e. The van der Waals surface area contributed by atoms with Crippen molar-refractivity contribution in [2.24, 2.45) is 0 Å². The molecule has 4 aromatic rings. The number of rotatable bonds is 4. The Kier molecular flexibility index (Phi) is 5.27. The van der Waals surface area contributed by atoms with E-state index in [2.05, 4.69) is 43.5 Å². The highest BCUT2D eigenvalue weighted by Gasteiger charge is 2.15. The van der Waals surface area contributed by atoms with Crippen LogP contribution in [0.25, 0.3) is 16.7 Å². The summed E-state index contributed by atoms with van der Waals surface area (Å²) in [5.74, 6) is 0.0791. The van der Waals surface area contributed by atoms with Gasteiger partial charge in [0.1, 0.15) is 11.1 Å². The minimum atomic E-state index is -0.699. The molecule has 1 fully saturated rings. The Balaban J connectivity index is 1.46. The van der Waals surface area contributed by atoms with Gasteiger partial charge in [-0.2, -0.15) is 4.98 Å². The van der Waals surface area contributed by atoms with E-state index in [4.69, 9.17) is 0 Å². The number of aromatic hydroxyl groups is 1. The van der Waals surface area contributed by atoms with Crippen molar-refractivity contribution in [3.63, 3.8) is 0 Å². The van der Waals surface area contributed by atoms with Crippen LogP contribution >= 0.6 is 0 Å². The van der Waals surface area contributed by atoms with E-state index >= 15 is 0 Å². The Labute approximate surface area is 188 Å². The molecule has 0 bridgehead atoms. The zero-order valence-corrected chi connectivity index (χ0v) is 18.0. The van der Waals surface area contributed by atoms with E-state index in [1.54, 1.807) is 12.1 Å². The van der Waals surface area contributed by atoms with Crippen LogP contribution in [-0.2, 0) is 0 Å². The number of hydrogen-bond donors (Lipinski definition) is 4. The Morgan fingerprint density at radius 3 is 2.61 bits per heavy atom. The van der Waals surface area contributed by atoms with Crippen molar-refractivity contribution in [3.8, 4) is 11.4 Å². The number of phenolic OH excluding ortho intramolecular Hbond substituents is 1. The summed E-state index contributed by atoms with van der Waals surface area (Å²) >= 11 is 0. The van der Waals surface area contributed by atoms with E-state index in [-0.39, 0.29) is 28.4 Å². The molecule has 168 valence electrons. The SMILES string of the molecule is Cc1cc(Nc2ncc3c(=O)n(-c4ccccc4O)c(=O)[nH]c3n2)ccc1N1CCNCC1. The predicted molar refractivity (Wildman–Crippen MR) is 127 cm³/mol. The lowest BCUT2D eigenvalue weighted by Gasteiger charge is -2.30. The molecular formula is C23H23N7O3. The summed E-state index contributed by atoms with van der Waals surface area (Å²) in [4.78, 5) is 39.1. The number of phenols is 1. The van der Waals surface area contributed by atoms with Crippen LogP contribution in [0, 0.1) is 6.92 Å². The first-order valence-corrected chi connectivity index (χ1v) is 10.6. The van der Waals surface area contributed by atoms with Crippen LogP contribution in [0.3, 0.4) is 0 Å².